The second-order valence-electron chi connectivity index (χ2n) is 5.87. The zero-order valence-corrected chi connectivity index (χ0v) is 13.9. The molecule has 1 amide bonds. The van der Waals surface area contributed by atoms with Crippen LogP contribution >= 0.6 is 0 Å². The molecule has 0 bridgehead atoms. The van der Waals surface area contributed by atoms with Crippen LogP contribution in [0.2, 0.25) is 0 Å². The third-order valence-corrected chi connectivity index (χ3v) is 4.05. The lowest BCUT2D eigenvalue weighted by molar-refractivity contribution is -0.147. The van der Waals surface area contributed by atoms with Crippen LogP contribution in [0, 0.1) is 5.82 Å². The van der Waals surface area contributed by atoms with Gasteiger partial charge in [-0.3, -0.25) is 4.79 Å². The van der Waals surface area contributed by atoms with Crippen molar-refractivity contribution in [3.05, 3.63) is 65.5 Å². The van der Waals surface area contributed by atoms with Crippen LogP contribution in [-0.2, 0) is 16.1 Å². The first-order valence-electron chi connectivity index (χ1n) is 8.13. The average Bonchev–Trinajstić information content (AvgIpc) is 2.66. The highest BCUT2D eigenvalue weighted by Crippen LogP contribution is 2.17. The number of carboxylic acid groups (broad SMARTS) is 1. The molecule has 26 heavy (non-hydrogen) atoms. The Bertz CT molecular complexity index is 810. The van der Waals surface area contributed by atoms with Crippen LogP contribution in [0.3, 0.4) is 0 Å². The molecule has 0 saturated carbocycles. The van der Waals surface area contributed by atoms with E-state index in [-0.39, 0.29) is 25.7 Å². The molecule has 3 rings (SSSR count). The Morgan fingerprint density at radius 3 is 2.81 bits per heavy atom. The van der Waals surface area contributed by atoms with E-state index in [4.69, 9.17) is 9.47 Å². The molecule has 1 fully saturated rings. The van der Waals surface area contributed by atoms with Crippen LogP contribution in [0.4, 0.5) is 4.39 Å². The van der Waals surface area contributed by atoms with Gasteiger partial charge in [0, 0.05) is 18.2 Å². The first-order chi connectivity index (χ1) is 12.5. The van der Waals surface area contributed by atoms with Gasteiger partial charge in [-0.15, -0.1) is 0 Å². The Balaban J connectivity index is 1.71. The van der Waals surface area contributed by atoms with E-state index < -0.39 is 17.8 Å². The van der Waals surface area contributed by atoms with E-state index in [0.717, 1.165) is 5.56 Å². The molecule has 7 heteroatoms. The van der Waals surface area contributed by atoms with E-state index in [2.05, 4.69) is 0 Å². The Morgan fingerprint density at radius 2 is 2.04 bits per heavy atom. The number of hydrogen-bond donors (Lipinski definition) is 1. The van der Waals surface area contributed by atoms with Crippen molar-refractivity contribution in [2.45, 2.75) is 12.6 Å². The molecule has 1 atom stereocenters. The lowest BCUT2D eigenvalue weighted by Gasteiger charge is -2.33. The Labute approximate surface area is 149 Å². The number of rotatable bonds is 5. The third kappa shape index (κ3) is 4.18. The normalized spacial score (nSPS) is 17.0. The van der Waals surface area contributed by atoms with Crippen LogP contribution in [0.15, 0.2) is 48.5 Å². The quantitative estimate of drug-likeness (QED) is 0.887. The molecule has 0 aliphatic carbocycles. The monoisotopic (exact) mass is 359 g/mol. The van der Waals surface area contributed by atoms with E-state index in [1.165, 1.54) is 17.0 Å². The zero-order valence-electron chi connectivity index (χ0n) is 13.9. The van der Waals surface area contributed by atoms with Gasteiger partial charge < -0.3 is 19.5 Å². The number of benzene rings is 2. The minimum atomic E-state index is -1.09. The van der Waals surface area contributed by atoms with Crippen molar-refractivity contribution < 1.29 is 28.6 Å². The van der Waals surface area contributed by atoms with Gasteiger partial charge in [0.1, 0.15) is 18.2 Å². The van der Waals surface area contributed by atoms with Crippen LogP contribution in [-0.4, -0.2) is 47.7 Å². The second kappa shape index (κ2) is 7.97. The maximum absolute atomic E-state index is 13.2. The van der Waals surface area contributed by atoms with E-state index >= 15 is 0 Å². The van der Waals surface area contributed by atoms with E-state index in [9.17, 15) is 19.1 Å². The zero-order chi connectivity index (χ0) is 18.5. The molecule has 0 spiro atoms. The SMILES string of the molecule is O=C(O)C1COCCN1C(=O)c1cccc(COc2cccc(F)c2)c1. The van der Waals surface area contributed by atoms with E-state index in [1.807, 2.05) is 0 Å². The summed E-state index contributed by atoms with van der Waals surface area (Å²) in [7, 11) is 0. The number of hydrogen-bond acceptors (Lipinski definition) is 4. The third-order valence-electron chi connectivity index (χ3n) is 4.05. The van der Waals surface area contributed by atoms with Crippen LogP contribution < -0.4 is 4.74 Å². The van der Waals surface area contributed by atoms with E-state index in [0.29, 0.717) is 17.9 Å². The van der Waals surface area contributed by atoms with Gasteiger partial charge >= 0.3 is 5.97 Å². The largest absolute Gasteiger partial charge is 0.489 e. The van der Waals surface area contributed by atoms with Gasteiger partial charge in [-0.1, -0.05) is 18.2 Å². The molecule has 6 nitrogen and oxygen atoms in total. The predicted octanol–water partition coefficient (Wildman–Crippen LogP) is 2.33. The van der Waals surface area contributed by atoms with Crippen molar-refractivity contribution in [2.24, 2.45) is 0 Å². The minimum absolute atomic E-state index is 0.0244. The van der Waals surface area contributed by atoms with Crippen molar-refractivity contribution in [2.75, 3.05) is 19.8 Å². The number of morpholine rings is 1. The molecule has 1 saturated heterocycles. The molecule has 1 aliphatic heterocycles. The Kier molecular flexibility index (Phi) is 5.48. The molecular formula is C19H18FNO5. The summed E-state index contributed by atoms with van der Waals surface area (Å²) < 4.78 is 23.9. The standard InChI is InChI=1S/C19H18FNO5/c20-15-5-2-6-16(10-15)26-11-13-3-1-4-14(9-13)18(22)21-7-8-25-12-17(21)19(23)24/h1-6,9-10,17H,7-8,11-12H2,(H,23,24). The molecule has 2 aromatic carbocycles. The lowest BCUT2D eigenvalue weighted by atomic mass is 10.1. The number of nitrogens with zero attached hydrogens (tertiary/aromatic N) is 1. The summed E-state index contributed by atoms with van der Waals surface area (Å²) in [6.45, 7) is 0.664. The highest BCUT2D eigenvalue weighted by atomic mass is 19.1. The van der Waals surface area contributed by atoms with Gasteiger partial charge in [-0.25, -0.2) is 9.18 Å². The van der Waals surface area contributed by atoms with Gasteiger partial charge in [0.05, 0.1) is 13.2 Å². The molecule has 0 radical (unpaired) electrons. The highest BCUT2D eigenvalue weighted by Gasteiger charge is 2.33. The minimum Gasteiger partial charge on any atom is -0.489 e. The molecule has 1 unspecified atom stereocenters. The molecule has 1 N–H and O–H groups in total. The number of carbonyl (C=O) groups is 2. The van der Waals surface area contributed by atoms with Crippen LogP contribution in [0.1, 0.15) is 15.9 Å². The first-order valence-corrected chi connectivity index (χ1v) is 8.13. The molecule has 2 aromatic rings. The van der Waals surface area contributed by atoms with Gasteiger partial charge in [0.25, 0.3) is 5.91 Å². The van der Waals surface area contributed by atoms with Gasteiger partial charge in [-0.2, -0.15) is 0 Å². The summed E-state index contributed by atoms with van der Waals surface area (Å²) in [6, 6.07) is 11.6. The topological polar surface area (TPSA) is 76.1 Å². The summed E-state index contributed by atoms with van der Waals surface area (Å²) in [5.74, 6) is -1.46. The summed E-state index contributed by atoms with van der Waals surface area (Å²) in [6.07, 6.45) is 0. The number of halogens is 1. The summed E-state index contributed by atoms with van der Waals surface area (Å²) >= 11 is 0. The van der Waals surface area contributed by atoms with Gasteiger partial charge in [0.2, 0.25) is 0 Å². The van der Waals surface area contributed by atoms with Crippen molar-refractivity contribution in [1.82, 2.24) is 4.90 Å². The van der Waals surface area contributed by atoms with Crippen molar-refractivity contribution in [3.63, 3.8) is 0 Å². The number of carboxylic acids is 1. The molecular weight excluding hydrogens is 341 g/mol. The number of carbonyl (C=O) groups excluding carboxylic acids is 1. The smallest absolute Gasteiger partial charge is 0.328 e. The maximum atomic E-state index is 13.2. The van der Waals surface area contributed by atoms with E-state index in [1.54, 1.807) is 36.4 Å². The number of aliphatic carboxylic acids is 1. The van der Waals surface area contributed by atoms with Gasteiger partial charge in [-0.05, 0) is 29.8 Å². The van der Waals surface area contributed by atoms with Crippen molar-refractivity contribution >= 4 is 11.9 Å². The molecule has 0 aromatic heterocycles. The fourth-order valence-electron chi connectivity index (χ4n) is 2.73. The fourth-order valence-corrected chi connectivity index (χ4v) is 2.73. The summed E-state index contributed by atoms with van der Waals surface area (Å²) in [5.41, 5.74) is 1.10. The molecule has 136 valence electrons. The Hall–Kier alpha value is -2.93. The van der Waals surface area contributed by atoms with Crippen LogP contribution in [0.5, 0.6) is 5.75 Å². The Morgan fingerprint density at radius 1 is 1.23 bits per heavy atom. The lowest BCUT2D eigenvalue weighted by Crippen LogP contribution is -2.52. The second-order valence-corrected chi connectivity index (χ2v) is 5.87. The van der Waals surface area contributed by atoms with Crippen LogP contribution in [0.25, 0.3) is 0 Å². The maximum Gasteiger partial charge on any atom is 0.328 e. The first kappa shape index (κ1) is 17.9. The predicted molar refractivity (Wildman–Crippen MR) is 90.5 cm³/mol. The fraction of sp³-hybridized carbons (Fsp3) is 0.263. The van der Waals surface area contributed by atoms with Gasteiger partial charge in [0.15, 0.2) is 6.04 Å². The number of ether oxygens (including phenoxy) is 2. The number of amides is 1. The average molecular weight is 359 g/mol. The van der Waals surface area contributed by atoms with Crippen molar-refractivity contribution in [3.8, 4) is 5.75 Å². The summed E-state index contributed by atoms with van der Waals surface area (Å²) in [5, 5.41) is 9.27. The molecule has 1 aliphatic rings. The van der Waals surface area contributed by atoms with Crippen molar-refractivity contribution in [1.29, 1.82) is 0 Å². The summed E-state index contributed by atoms with van der Waals surface area (Å²) in [4.78, 5) is 25.3. The highest BCUT2D eigenvalue weighted by molar-refractivity contribution is 5.96. The molecule has 1 heterocycles.